The quantitative estimate of drug-likeness (QED) is 0.745. The fraction of sp³-hybridized carbons (Fsp3) is 0.400. The Kier molecular flexibility index (Phi) is 4.17. The molecule has 0 N–H and O–H groups in total. The van der Waals surface area contributed by atoms with Crippen LogP contribution in [0.2, 0.25) is 0 Å². The van der Waals surface area contributed by atoms with Crippen LogP contribution < -0.4 is 0 Å². The van der Waals surface area contributed by atoms with Crippen LogP contribution in [0.4, 0.5) is 0 Å². The molecule has 1 aliphatic rings. The topological polar surface area (TPSA) is 3.24 Å². The molecule has 1 fully saturated rings. The van der Waals surface area contributed by atoms with E-state index in [1.54, 1.807) is 0 Å². The summed E-state index contributed by atoms with van der Waals surface area (Å²) in [5.41, 5.74) is 2.34. The Morgan fingerprint density at radius 1 is 1.06 bits per heavy atom. The van der Waals surface area contributed by atoms with Crippen LogP contribution in [0.15, 0.2) is 30.3 Å². The molecule has 1 aliphatic heterocycles. The van der Waals surface area contributed by atoms with Gasteiger partial charge in [-0.2, -0.15) is 0 Å². The molecule has 0 bridgehead atoms. The van der Waals surface area contributed by atoms with Gasteiger partial charge in [-0.15, -0.1) is 0 Å². The predicted octanol–water partition coefficient (Wildman–Crippen LogP) is 3.37. The highest BCUT2D eigenvalue weighted by molar-refractivity contribution is 5.50. The molecule has 1 aromatic carbocycles. The molecular weight excluding hydrogens is 194 g/mol. The van der Waals surface area contributed by atoms with E-state index in [0.29, 0.717) is 0 Å². The summed E-state index contributed by atoms with van der Waals surface area (Å²) >= 11 is 0. The van der Waals surface area contributed by atoms with E-state index >= 15 is 0 Å². The number of benzene rings is 1. The van der Waals surface area contributed by atoms with Gasteiger partial charge in [0.05, 0.1) is 0 Å². The van der Waals surface area contributed by atoms with Crippen molar-refractivity contribution >= 4 is 6.08 Å². The summed E-state index contributed by atoms with van der Waals surface area (Å²) in [6.45, 7) is 7.50. The normalized spacial score (nSPS) is 18.1. The van der Waals surface area contributed by atoms with Crippen LogP contribution in [0.5, 0.6) is 0 Å². The minimum atomic E-state index is 1.08. The van der Waals surface area contributed by atoms with E-state index in [1.807, 2.05) is 0 Å². The molecule has 0 aliphatic carbocycles. The van der Waals surface area contributed by atoms with Crippen molar-refractivity contribution in [3.63, 3.8) is 0 Å². The maximum atomic E-state index is 3.88. The van der Waals surface area contributed by atoms with Gasteiger partial charge in [0, 0.05) is 6.54 Å². The summed E-state index contributed by atoms with van der Waals surface area (Å²) in [7, 11) is 0. The maximum absolute atomic E-state index is 3.88. The number of likely N-dealkylation sites (tertiary alicyclic amines) is 1. The molecule has 0 atom stereocenters. The van der Waals surface area contributed by atoms with E-state index in [1.165, 1.54) is 37.9 Å². The van der Waals surface area contributed by atoms with Crippen molar-refractivity contribution in [2.24, 2.45) is 0 Å². The Hall–Kier alpha value is -1.08. The Morgan fingerprint density at radius 3 is 2.44 bits per heavy atom. The highest BCUT2D eigenvalue weighted by Crippen LogP contribution is 2.09. The van der Waals surface area contributed by atoms with Crippen LogP contribution in [0.25, 0.3) is 6.08 Å². The number of nitrogens with zero attached hydrogens (tertiary/aromatic N) is 1. The molecule has 1 saturated heterocycles. The van der Waals surface area contributed by atoms with Crippen molar-refractivity contribution in [2.75, 3.05) is 19.6 Å². The van der Waals surface area contributed by atoms with E-state index in [2.05, 4.69) is 48.2 Å². The zero-order valence-electron chi connectivity index (χ0n) is 9.86. The van der Waals surface area contributed by atoms with Crippen LogP contribution in [0, 0.1) is 6.92 Å². The lowest BCUT2D eigenvalue weighted by atomic mass is 10.1. The lowest BCUT2D eigenvalue weighted by Crippen LogP contribution is -2.29. The Labute approximate surface area is 98.8 Å². The second-order valence-electron chi connectivity index (χ2n) is 4.51. The Balaban J connectivity index is 1.82. The first-order valence-corrected chi connectivity index (χ1v) is 6.15. The van der Waals surface area contributed by atoms with Gasteiger partial charge in [-0.05, 0) is 44.0 Å². The average molecular weight is 214 g/mol. The molecule has 0 saturated carbocycles. The highest BCUT2D eigenvalue weighted by atomic mass is 15.1. The SMILES string of the molecule is [CH2]c1ccc(C=CCN2CCCCC2)cc1. The third-order valence-electron chi connectivity index (χ3n) is 3.10. The molecule has 16 heavy (non-hydrogen) atoms. The largest absolute Gasteiger partial charge is 0.300 e. The summed E-state index contributed by atoms with van der Waals surface area (Å²) in [6.07, 6.45) is 8.61. The first kappa shape index (κ1) is 11.4. The highest BCUT2D eigenvalue weighted by Gasteiger charge is 2.07. The van der Waals surface area contributed by atoms with Gasteiger partial charge in [0.25, 0.3) is 0 Å². The van der Waals surface area contributed by atoms with Gasteiger partial charge in [-0.3, -0.25) is 4.90 Å². The molecule has 2 rings (SSSR count). The van der Waals surface area contributed by atoms with Crippen LogP contribution in [-0.4, -0.2) is 24.5 Å². The minimum absolute atomic E-state index is 1.08. The van der Waals surface area contributed by atoms with Crippen molar-refractivity contribution in [1.29, 1.82) is 0 Å². The van der Waals surface area contributed by atoms with E-state index in [0.717, 1.165) is 12.1 Å². The van der Waals surface area contributed by atoms with Gasteiger partial charge in [0.15, 0.2) is 0 Å². The van der Waals surface area contributed by atoms with Gasteiger partial charge in [-0.25, -0.2) is 0 Å². The second-order valence-corrected chi connectivity index (χ2v) is 4.51. The van der Waals surface area contributed by atoms with Crippen molar-refractivity contribution < 1.29 is 0 Å². The van der Waals surface area contributed by atoms with Crippen LogP contribution >= 0.6 is 0 Å². The standard InChI is InChI=1S/C15H20N/c1-14-7-9-15(10-8-14)6-5-13-16-11-3-2-4-12-16/h5-10H,1-4,11-13H2. The lowest BCUT2D eigenvalue weighted by Gasteiger charge is -2.24. The van der Waals surface area contributed by atoms with Crippen molar-refractivity contribution in [3.8, 4) is 0 Å². The third kappa shape index (κ3) is 3.49. The van der Waals surface area contributed by atoms with Gasteiger partial charge in [0.1, 0.15) is 0 Å². The molecule has 85 valence electrons. The Bertz CT molecular complexity index is 331. The van der Waals surface area contributed by atoms with Gasteiger partial charge in [0.2, 0.25) is 0 Å². The van der Waals surface area contributed by atoms with Crippen molar-refractivity contribution in [3.05, 3.63) is 48.4 Å². The number of hydrogen-bond acceptors (Lipinski definition) is 1. The molecule has 1 radical (unpaired) electrons. The monoisotopic (exact) mass is 214 g/mol. The molecule has 0 spiro atoms. The van der Waals surface area contributed by atoms with E-state index in [4.69, 9.17) is 0 Å². The van der Waals surface area contributed by atoms with Crippen LogP contribution in [0.1, 0.15) is 30.4 Å². The summed E-state index contributed by atoms with van der Waals surface area (Å²) in [4.78, 5) is 2.52. The summed E-state index contributed by atoms with van der Waals surface area (Å²) < 4.78 is 0. The first-order valence-electron chi connectivity index (χ1n) is 6.15. The number of piperidine rings is 1. The van der Waals surface area contributed by atoms with E-state index in [-0.39, 0.29) is 0 Å². The summed E-state index contributed by atoms with van der Waals surface area (Å²) in [6, 6.07) is 8.35. The van der Waals surface area contributed by atoms with Crippen molar-refractivity contribution in [1.82, 2.24) is 4.90 Å². The fourth-order valence-electron chi connectivity index (χ4n) is 2.11. The maximum Gasteiger partial charge on any atom is 0.0166 e. The molecule has 1 aromatic rings. The summed E-state index contributed by atoms with van der Waals surface area (Å²) in [5, 5.41) is 0. The zero-order valence-corrected chi connectivity index (χ0v) is 9.86. The van der Waals surface area contributed by atoms with Gasteiger partial charge < -0.3 is 0 Å². The van der Waals surface area contributed by atoms with Crippen LogP contribution in [0.3, 0.4) is 0 Å². The fourth-order valence-corrected chi connectivity index (χ4v) is 2.11. The molecule has 0 amide bonds. The first-order chi connectivity index (χ1) is 7.84. The molecule has 1 heteroatoms. The molecular formula is C15H20N. The van der Waals surface area contributed by atoms with Gasteiger partial charge >= 0.3 is 0 Å². The average Bonchev–Trinajstić information content (AvgIpc) is 2.33. The number of hydrogen-bond donors (Lipinski definition) is 0. The van der Waals surface area contributed by atoms with E-state index < -0.39 is 0 Å². The lowest BCUT2D eigenvalue weighted by molar-refractivity contribution is 0.252. The third-order valence-corrected chi connectivity index (χ3v) is 3.10. The molecule has 1 heterocycles. The number of rotatable bonds is 3. The van der Waals surface area contributed by atoms with Crippen LogP contribution in [-0.2, 0) is 0 Å². The minimum Gasteiger partial charge on any atom is -0.300 e. The molecule has 0 aromatic heterocycles. The summed E-state index contributed by atoms with van der Waals surface area (Å²) in [5.74, 6) is 0. The zero-order chi connectivity index (χ0) is 11.2. The van der Waals surface area contributed by atoms with Gasteiger partial charge in [-0.1, -0.05) is 42.8 Å². The Morgan fingerprint density at radius 2 is 1.75 bits per heavy atom. The molecule has 0 unspecified atom stereocenters. The second kappa shape index (κ2) is 5.86. The smallest absolute Gasteiger partial charge is 0.0166 e. The van der Waals surface area contributed by atoms with E-state index in [9.17, 15) is 0 Å². The predicted molar refractivity (Wildman–Crippen MR) is 70.2 cm³/mol. The molecule has 1 nitrogen and oxygen atoms in total. The van der Waals surface area contributed by atoms with Crippen molar-refractivity contribution in [2.45, 2.75) is 19.3 Å².